The molecule has 3 heteroatoms. The van der Waals surface area contributed by atoms with Crippen LogP contribution in [-0.4, -0.2) is 23.4 Å². The van der Waals surface area contributed by atoms with Crippen molar-refractivity contribution in [3.63, 3.8) is 0 Å². The van der Waals surface area contributed by atoms with Gasteiger partial charge in [0.15, 0.2) is 0 Å². The Morgan fingerprint density at radius 1 is 1.62 bits per heavy atom. The summed E-state index contributed by atoms with van der Waals surface area (Å²) in [5.74, 6) is 0. The summed E-state index contributed by atoms with van der Waals surface area (Å²) < 4.78 is 7.03. The first kappa shape index (κ1) is 10.3. The lowest BCUT2D eigenvalue weighted by atomic mass is 10.2. The SMILES string of the molecule is COCCCn1ccc(C(C)O)c1. The molecule has 1 aromatic heterocycles. The van der Waals surface area contributed by atoms with Gasteiger partial charge in [-0.2, -0.15) is 0 Å². The highest BCUT2D eigenvalue weighted by Gasteiger charge is 2.01. The van der Waals surface area contributed by atoms with Crippen LogP contribution in [0.15, 0.2) is 18.5 Å². The Bertz CT molecular complexity index is 243. The zero-order chi connectivity index (χ0) is 9.68. The molecule has 1 heterocycles. The van der Waals surface area contributed by atoms with E-state index >= 15 is 0 Å². The van der Waals surface area contributed by atoms with Crippen LogP contribution in [0.3, 0.4) is 0 Å². The Kier molecular flexibility index (Phi) is 3.99. The molecule has 1 unspecified atom stereocenters. The van der Waals surface area contributed by atoms with Crippen LogP contribution in [0.5, 0.6) is 0 Å². The summed E-state index contributed by atoms with van der Waals surface area (Å²) >= 11 is 0. The Morgan fingerprint density at radius 3 is 2.92 bits per heavy atom. The van der Waals surface area contributed by atoms with E-state index in [0.29, 0.717) is 0 Å². The molecular weight excluding hydrogens is 166 g/mol. The van der Waals surface area contributed by atoms with Gasteiger partial charge in [-0.1, -0.05) is 0 Å². The van der Waals surface area contributed by atoms with Gasteiger partial charge in [-0.05, 0) is 25.0 Å². The van der Waals surface area contributed by atoms with Crippen molar-refractivity contribution >= 4 is 0 Å². The molecule has 13 heavy (non-hydrogen) atoms. The molecule has 0 amide bonds. The number of hydrogen-bond acceptors (Lipinski definition) is 2. The quantitative estimate of drug-likeness (QED) is 0.703. The minimum absolute atomic E-state index is 0.372. The van der Waals surface area contributed by atoms with Crippen molar-refractivity contribution in [3.8, 4) is 0 Å². The van der Waals surface area contributed by atoms with Crippen molar-refractivity contribution < 1.29 is 9.84 Å². The maximum Gasteiger partial charge on any atom is 0.0776 e. The van der Waals surface area contributed by atoms with Crippen molar-refractivity contribution in [2.45, 2.75) is 26.0 Å². The summed E-state index contributed by atoms with van der Waals surface area (Å²) in [6, 6.07) is 1.94. The molecule has 0 saturated carbocycles. The molecule has 0 fully saturated rings. The van der Waals surface area contributed by atoms with Gasteiger partial charge in [-0.15, -0.1) is 0 Å². The average molecular weight is 183 g/mol. The number of aliphatic hydroxyl groups excluding tert-OH is 1. The van der Waals surface area contributed by atoms with E-state index < -0.39 is 0 Å². The number of ether oxygens (including phenoxy) is 1. The molecule has 0 bridgehead atoms. The van der Waals surface area contributed by atoms with E-state index in [1.807, 2.05) is 18.5 Å². The van der Waals surface area contributed by atoms with Gasteiger partial charge in [0.25, 0.3) is 0 Å². The fourth-order valence-electron chi connectivity index (χ4n) is 1.24. The Morgan fingerprint density at radius 2 is 2.38 bits per heavy atom. The highest BCUT2D eigenvalue weighted by Crippen LogP contribution is 2.11. The molecule has 0 radical (unpaired) electrons. The Balaban J connectivity index is 2.40. The minimum Gasteiger partial charge on any atom is -0.389 e. The largest absolute Gasteiger partial charge is 0.389 e. The Hall–Kier alpha value is -0.800. The summed E-state index contributed by atoms with van der Waals surface area (Å²) in [7, 11) is 1.71. The molecule has 0 aromatic carbocycles. The highest BCUT2D eigenvalue weighted by molar-refractivity contribution is 5.12. The maximum atomic E-state index is 9.27. The number of methoxy groups -OCH3 is 1. The first-order valence-corrected chi connectivity index (χ1v) is 4.56. The zero-order valence-corrected chi connectivity index (χ0v) is 8.23. The van der Waals surface area contributed by atoms with E-state index in [0.717, 1.165) is 25.1 Å². The molecule has 0 aliphatic heterocycles. The van der Waals surface area contributed by atoms with E-state index in [-0.39, 0.29) is 6.10 Å². The first-order valence-electron chi connectivity index (χ1n) is 4.56. The predicted molar refractivity (Wildman–Crippen MR) is 51.6 cm³/mol. The lowest BCUT2D eigenvalue weighted by molar-refractivity contribution is 0.190. The van der Waals surface area contributed by atoms with E-state index in [1.165, 1.54) is 0 Å². The molecular formula is C10H17NO2. The van der Waals surface area contributed by atoms with Crippen LogP contribution >= 0.6 is 0 Å². The summed E-state index contributed by atoms with van der Waals surface area (Å²) in [6.07, 6.45) is 4.59. The monoisotopic (exact) mass is 183 g/mol. The predicted octanol–water partition coefficient (Wildman–Crippen LogP) is 1.58. The van der Waals surface area contributed by atoms with Crippen molar-refractivity contribution in [1.82, 2.24) is 4.57 Å². The number of aromatic nitrogens is 1. The van der Waals surface area contributed by atoms with E-state index in [2.05, 4.69) is 4.57 Å². The normalized spacial score (nSPS) is 13.2. The summed E-state index contributed by atoms with van der Waals surface area (Å²) in [4.78, 5) is 0. The van der Waals surface area contributed by atoms with Gasteiger partial charge in [0.1, 0.15) is 0 Å². The molecule has 1 N–H and O–H groups in total. The third-order valence-electron chi connectivity index (χ3n) is 2.02. The standard InChI is InChI=1S/C10H17NO2/c1-9(12)10-4-6-11(8-10)5-3-7-13-2/h4,6,8-9,12H,3,5,7H2,1-2H3. The molecule has 0 aliphatic carbocycles. The van der Waals surface area contributed by atoms with E-state index in [1.54, 1.807) is 14.0 Å². The van der Waals surface area contributed by atoms with Gasteiger partial charge in [0.05, 0.1) is 6.10 Å². The summed E-state index contributed by atoms with van der Waals surface area (Å²) in [5, 5.41) is 9.27. The van der Waals surface area contributed by atoms with Gasteiger partial charge in [0.2, 0.25) is 0 Å². The number of aryl methyl sites for hydroxylation is 1. The molecule has 1 atom stereocenters. The van der Waals surface area contributed by atoms with Crippen LogP contribution in [0.1, 0.15) is 25.0 Å². The number of nitrogens with zero attached hydrogens (tertiary/aromatic N) is 1. The third-order valence-corrected chi connectivity index (χ3v) is 2.02. The lowest BCUT2D eigenvalue weighted by Crippen LogP contribution is -1.98. The maximum absolute atomic E-state index is 9.27. The number of hydrogen-bond donors (Lipinski definition) is 1. The smallest absolute Gasteiger partial charge is 0.0776 e. The van der Waals surface area contributed by atoms with Crippen LogP contribution in [0.25, 0.3) is 0 Å². The first-order chi connectivity index (χ1) is 6.24. The molecule has 0 spiro atoms. The number of aliphatic hydroxyl groups is 1. The van der Waals surface area contributed by atoms with Gasteiger partial charge < -0.3 is 14.4 Å². The van der Waals surface area contributed by atoms with Gasteiger partial charge >= 0.3 is 0 Å². The zero-order valence-electron chi connectivity index (χ0n) is 8.23. The molecule has 1 aromatic rings. The van der Waals surface area contributed by atoms with Gasteiger partial charge in [-0.25, -0.2) is 0 Å². The van der Waals surface area contributed by atoms with Gasteiger partial charge in [0, 0.05) is 32.7 Å². The van der Waals surface area contributed by atoms with E-state index in [4.69, 9.17) is 4.74 Å². The fraction of sp³-hybridized carbons (Fsp3) is 0.600. The van der Waals surface area contributed by atoms with Crippen molar-refractivity contribution in [1.29, 1.82) is 0 Å². The molecule has 1 rings (SSSR count). The summed E-state index contributed by atoms with van der Waals surface area (Å²) in [5.41, 5.74) is 0.970. The topological polar surface area (TPSA) is 34.4 Å². The van der Waals surface area contributed by atoms with Crippen LogP contribution in [0.4, 0.5) is 0 Å². The van der Waals surface area contributed by atoms with Crippen molar-refractivity contribution in [2.24, 2.45) is 0 Å². The number of rotatable bonds is 5. The average Bonchev–Trinajstić information content (AvgIpc) is 2.53. The van der Waals surface area contributed by atoms with Crippen LogP contribution in [0, 0.1) is 0 Å². The second kappa shape index (κ2) is 5.04. The molecule has 0 saturated heterocycles. The second-order valence-electron chi connectivity index (χ2n) is 3.20. The summed E-state index contributed by atoms with van der Waals surface area (Å²) in [6.45, 7) is 3.50. The van der Waals surface area contributed by atoms with Crippen LogP contribution < -0.4 is 0 Å². The molecule has 74 valence electrons. The fourth-order valence-corrected chi connectivity index (χ4v) is 1.24. The second-order valence-corrected chi connectivity index (χ2v) is 3.20. The minimum atomic E-state index is -0.372. The molecule has 3 nitrogen and oxygen atoms in total. The van der Waals surface area contributed by atoms with E-state index in [9.17, 15) is 5.11 Å². The third kappa shape index (κ3) is 3.20. The molecule has 0 aliphatic rings. The van der Waals surface area contributed by atoms with Crippen LogP contribution in [0.2, 0.25) is 0 Å². The highest BCUT2D eigenvalue weighted by atomic mass is 16.5. The Labute approximate surface area is 78.9 Å². The van der Waals surface area contributed by atoms with Crippen molar-refractivity contribution in [3.05, 3.63) is 24.0 Å². The van der Waals surface area contributed by atoms with Gasteiger partial charge in [-0.3, -0.25) is 0 Å². The lowest BCUT2D eigenvalue weighted by Gasteiger charge is -2.02. The van der Waals surface area contributed by atoms with Crippen molar-refractivity contribution in [2.75, 3.05) is 13.7 Å². The van der Waals surface area contributed by atoms with Crippen LogP contribution in [-0.2, 0) is 11.3 Å².